The highest BCUT2D eigenvalue weighted by molar-refractivity contribution is 5.68. The summed E-state index contributed by atoms with van der Waals surface area (Å²) in [6, 6.07) is 0. The highest BCUT2D eigenvalue weighted by atomic mass is 16.6. The van der Waals surface area contributed by atoms with E-state index in [1.807, 2.05) is 27.7 Å². The van der Waals surface area contributed by atoms with E-state index in [0.29, 0.717) is 26.1 Å². The molecule has 0 aromatic heterocycles. The Balaban J connectivity index is 2.58. The second kappa shape index (κ2) is 4.82. The van der Waals surface area contributed by atoms with Crippen molar-refractivity contribution >= 4 is 6.09 Å². The molecule has 1 aliphatic heterocycles. The Kier molecular flexibility index (Phi) is 4.04. The van der Waals surface area contributed by atoms with Gasteiger partial charge in [-0.15, -0.1) is 0 Å². The molecule has 2 atom stereocenters. The average molecular weight is 244 g/mol. The molecular weight excluding hydrogens is 220 g/mol. The van der Waals surface area contributed by atoms with Crippen LogP contribution in [0.15, 0.2) is 0 Å². The maximum absolute atomic E-state index is 11.8. The number of amides is 1. The van der Waals surface area contributed by atoms with Crippen LogP contribution in [0.3, 0.4) is 0 Å². The Labute approximate surface area is 103 Å². The highest BCUT2D eigenvalue weighted by Gasteiger charge is 2.42. The van der Waals surface area contributed by atoms with Gasteiger partial charge in [-0.2, -0.15) is 0 Å². The molecule has 0 radical (unpaired) electrons. The predicted molar refractivity (Wildman–Crippen MR) is 65.6 cm³/mol. The van der Waals surface area contributed by atoms with Crippen LogP contribution in [0.5, 0.6) is 0 Å². The molecule has 100 valence electrons. The normalized spacial score (nSPS) is 27.1. The number of aliphatic hydroxyl groups is 1. The number of nitrogens with zero attached hydrogens (tertiary/aromatic N) is 1. The number of β-amino-alcohol motifs (C(OH)–C–C–N with tert-alkyl or cyclic N) is 1. The van der Waals surface area contributed by atoms with Crippen molar-refractivity contribution in [1.82, 2.24) is 4.90 Å². The lowest BCUT2D eigenvalue weighted by Crippen LogP contribution is -2.44. The highest BCUT2D eigenvalue weighted by Crippen LogP contribution is 2.29. The quantitative estimate of drug-likeness (QED) is 0.758. The van der Waals surface area contributed by atoms with Crippen LogP contribution in [0.25, 0.3) is 0 Å². The minimum Gasteiger partial charge on any atom is -0.444 e. The fourth-order valence-electron chi connectivity index (χ4n) is 1.92. The van der Waals surface area contributed by atoms with E-state index in [9.17, 15) is 9.90 Å². The summed E-state index contributed by atoms with van der Waals surface area (Å²) in [4.78, 5) is 13.4. The fourth-order valence-corrected chi connectivity index (χ4v) is 1.92. The summed E-state index contributed by atoms with van der Waals surface area (Å²) in [5.74, 6) is -0.0186. The molecule has 0 bridgehead atoms. The van der Waals surface area contributed by atoms with Crippen LogP contribution in [0, 0.1) is 5.92 Å². The zero-order chi connectivity index (χ0) is 13.3. The number of likely N-dealkylation sites (tertiary alicyclic amines) is 1. The van der Waals surface area contributed by atoms with E-state index < -0.39 is 11.2 Å². The Hall–Kier alpha value is -0.810. The topological polar surface area (TPSA) is 75.8 Å². The molecule has 0 aromatic rings. The van der Waals surface area contributed by atoms with E-state index in [2.05, 4.69) is 0 Å². The van der Waals surface area contributed by atoms with Crippen LogP contribution in [-0.4, -0.2) is 46.9 Å². The Morgan fingerprint density at radius 1 is 1.59 bits per heavy atom. The summed E-state index contributed by atoms with van der Waals surface area (Å²) in [6.45, 7) is 8.63. The van der Waals surface area contributed by atoms with Gasteiger partial charge in [-0.1, -0.05) is 6.92 Å². The summed E-state index contributed by atoms with van der Waals surface area (Å²) in [5.41, 5.74) is 4.19. The van der Waals surface area contributed by atoms with E-state index in [0.717, 1.165) is 0 Å². The molecule has 1 fully saturated rings. The maximum atomic E-state index is 11.8. The minimum absolute atomic E-state index is 0.0186. The standard InChI is InChI=1S/C12H24N2O3/c1-9(7-13)12(16)5-6-14(8-12)10(15)17-11(2,3)4/h9,16H,5-8,13H2,1-4H3. The van der Waals surface area contributed by atoms with Gasteiger partial charge in [0.05, 0.1) is 12.1 Å². The molecule has 1 rings (SSSR count). The van der Waals surface area contributed by atoms with Gasteiger partial charge in [0, 0.05) is 6.54 Å². The van der Waals surface area contributed by atoms with Crippen LogP contribution < -0.4 is 5.73 Å². The summed E-state index contributed by atoms with van der Waals surface area (Å²) in [7, 11) is 0. The number of nitrogens with two attached hydrogens (primary N) is 1. The summed E-state index contributed by atoms with van der Waals surface area (Å²) in [6.07, 6.45) is 0.197. The number of carbonyl (C=O) groups is 1. The number of carbonyl (C=O) groups excluding carboxylic acids is 1. The molecule has 5 heteroatoms. The molecule has 0 saturated carbocycles. The first-order valence-electron chi connectivity index (χ1n) is 6.08. The first-order chi connectivity index (χ1) is 7.68. The van der Waals surface area contributed by atoms with E-state index in [1.54, 1.807) is 4.90 Å². The van der Waals surface area contributed by atoms with Crippen molar-refractivity contribution in [2.24, 2.45) is 11.7 Å². The van der Waals surface area contributed by atoms with E-state index in [4.69, 9.17) is 10.5 Å². The first kappa shape index (κ1) is 14.3. The Morgan fingerprint density at radius 2 is 2.18 bits per heavy atom. The van der Waals surface area contributed by atoms with Crippen molar-refractivity contribution < 1.29 is 14.6 Å². The molecule has 1 aliphatic rings. The van der Waals surface area contributed by atoms with Crippen molar-refractivity contribution in [3.63, 3.8) is 0 Å². The van der Waals surface area contributed by atoms with Gasteiger partial charge in [-0.05, 0) is 39.7 Å². The van der Waals surface area contributed by atoms with Gasteiger partial charge in [0.25, 0.3) is 0 Å². The minimum atomic E-state index is -0.869. The summed E-state index contributed by atoms with van der Waals surface area (Å²) < 4.78 is 5.27. The Morgan fingerprint density at radius 3 is 2.65 bits per heavy atom. The third kappa shape index (κ3) is 3.57. The van der Waals surface area contributed by atoms with Crippen LogP contribution in [0.1, 0.15) is 34.1 Å². The van der Waals surface area contributed by atoms with Crippen LogP contribution in [0.4, 0.5) is 4.79 Å². The molecule has 0 aliphatic carbocycles. The van der Waals surface area contributed by atoms with Crippen molar-refractivity contribution in [3.8, 4) is 0 Å². The van der Waals surface area contributed by atoms with E-state index in [-0.39, 0.29) is 12.0 Å². The fraction of sp³-hybridized carbons (Fsp3) is 0.917. The van der Waals surface area contributed by atoms with Gasteiger partial charge in [-0.3, -0.25) is 0 Å². The predicted octanol–water partition coefficient (Wildman–Crippen LogP) is 0.953. The lowest BCUT2D eigenvalue weighted by Gasteiger charge is -2.29. The Bertz CT molecular complexity index is 288. The molecule has 0 aromatic carbocycles. The second-order valence-electron chi connectivity index (χ2n) is 5.89. The molecule has 2 unspecified atom stereocenters. The van der Waals surface area contributed by atoms with Gasteiger partial charge < -0.3 is 20.5 Å². The SMILES string of the molecule is CC(CN)C1(O)CCN(C(=O)OC(C)(C)C)C1. The second-order valence-corrected chi connectivity index (χ2v) is 5.89. The van der Waals surface area contributed by atoms with Crippen molar-refractivity contribution in [2.45, 2.75) is 45.3 Å². The van der Waals surface area contributed by atoms with E-state index in [1.165, 1.54) is 0 Å². The zero-order valence-electron chi connectivity index (χ0n) is 11.2. The number of ether oxygens (including phenoxy) is 1. The molecule has 17 heavy (non-hydrogen) atoms. The smallest absolute Gasteiger partial charge is 0.410 e. The lowest BCUT2D eigenvalue weighted by atomic mass is 9.88. The zero-order valence-corrected chi connectivity index (χ0v) is 11.2. The van der Waals surface area contributed by atoms with Gasteiger partial charge in [-0.25, -0.2) is 4.79 Å². The summed E-state index contributed by atoms with van der Waals surface area (Å²) >= 11 is 0. The monoisotopic (exact) mass is 244 g/mol. The molecule has 1 heterocycles. The van der Waals surface area contributed by atoms with Gasteiger partial charge in [0.1, 0.15) is 5.60 Å². The van der Waals surface area contributed by atoms with Gasteiger partial charge in [0.2, 0.25) is 0 Å². The molecule has 5 nitrogen and oxygen atoms in total. The number of hydrogen-bond acceptors (Lipinski definition) is 4. The molecular formula is C12H24N2O3. The lowest BCUT2D eigenvalue weighted by molar-refractivity contribution is -0.00819. The van der Waals surface area contributed by atoms with Crippen molar-refractivity contribution in [2.75, 3.05) is 19.6 Å². The molecule has 1 saturated heterocycles. The maximum Gasteiger partial charge on any atom is 0.410 e. The molecule has 0 spiro atoms. The number of hydrogen-bond donors (Lipinski definition) is 2. The van der Waals surface area contributed by atoms with Crippen molar-refractivity contribution in [3.05, 3.63) is 0 Å². The van der Waals surface area contributed by atoms with Crippen molar-refractivity contribution in [1.29, 1.82) is 0 Å². The largest absolute Gasteiger partial charge is 0.444 e. The third-order valence-electron chi connectivity index (χ3n) is 3.20. The third-order valence-corrected chi connectivity index (χ3v) is 3.20. The first-order valence-corrected chi connectivity index (χ1v) is 6.08. The molecule has 3 N–H and O–H groups in total. The number of rotatable bonds is 2. The van der Waals surface area contributed by atoms with E-state index >= 15 is 0 Å². The van der Waals surface area contributed by atoms with Crippen LogP contribution >= 0.6 is 0 Å². The summed E-state index contributed by atoms with van der Waals surface area (Å²) in [5, 5.41) is 10.3. The molecule has 1 amide bonds. The average Bonchev–Trinajstić information content (AvgIpc) is 2.58. The van der Waals surface area contributed by atoms with Gasteiger partial charge in [0.15, 0.2) is 0 Å². The van der Waals surface area contributed by atoms with Crippen LogP contribution in [0.2, 0.25) is 0 Å². The van der Waals surface area contributed by atoms with Gasteiger partial charge >= 0.3 is 6.09 Å². The van der Waals surface area contributed by atoms with Crippen LogP contribution in [-0.2, 0) is 4.74 Å².